The number of halogens is 3. The number of nitrogens with zero attached hydrogens (tertiary/aromatic N) is 1. The third kappa shape index (κ3) is 4.44. The van der Waals surface area contributed by atoms with E-state index in [1.807, 2.05) is 4.90 Å². The summed E-state index contributed by atoms with van der Waals surface area (Å²) in [6, 6.07) is 0. The van der Waals surface area contributed by atoms with Gasteiger partial charge in [-0.05, 0) is 0 Å². The van der Waals surface area contributed by atoms with Crippen molar-refractivity contribution < 1.29 is 18.3 Å². The smallest absolute Gasteiger partial charge is 0.390 e. The Morgan fingerprint density at radius 1 is 1.38 bits per heavy atom. The fourth-order valence-corrected chi connectivity index (χ4v) is 1.14. The molecule has 0 spiro atoms. The monoisotopic (exact) mass is 198 g/mol. The van der Waals surface area contributed by atoms with Crippen molar-refractivity contribution in [1.82, 2.24) is 10.2 Å². The van der Waals surface area contributed by atoms with Crippen molar-refractivity contribution in [3.63, 3.8) is 0 Å². The first-order valence-corrected chi connectivity index (χ1v) is 4.15. The number of alkyl halides is 3. The molecule has 1 aliphatic rings. The standard InChI is InChI=1S/C7H13F3N2O/c8-7(9,10)1-2-11-5-12-3-6(13)4-12/h6,11,13H,1-5H2. The third-order valence-electron chi connectivity index (χ3n) is 1.86. The molecule has 0 aromatic carbocycles. The van der Waals surface area contributed by atoms with Crippen molar-refractivity contribution in [3.8, 4) is 0 Å². The van der Waals surface area contributed by atoms with Gasteiger partial charge >= 0.3 is 6.18 Å². The van der Waals surface area contributed by atoms with E-state index in [2.05, 4.69) is 5.32 Å². The zero-order valence-electron chi connectivity index (χ0n) is 7.14. The maximum atomic E-state index is 11.6. The maximum Gasteiger partial charge on any atom is 0.390 e. The highest BCUT2D eigenvalue weighted by atomic mass is 19.4. The number of likely N-dealkylation sites (tertiary alicyclic amines) is 1. The van der Waals surface area contributed by atoms with E-state index in [9.17, 15) is 13.2 Å². The van der Waals surface area contributed by atoms with Gasteiger partial charge in [-0.25, -0.2) is 0 Å². The molecule has 13 heavy (non-hydrogen) atoms. The Balaban J connectivity index is 1.90. The lowest BCUT2D eigenvalue weighted by Crippen LogP contribution is -2.53. The quantitative estimate of drug-likeness (QED) is 0.632. The highest BCUT2D eigenvalue weighted by Gasteiger charge is 2.27. The van der Waals surface area contributed by atoms with Gasteiger partial charge in [0, 0.05) is 26.3 Å². The first-order chi connectivity index (χ1) is 5.97. The van der Waals surface area contributed by atoms with Crippen LogP contribution < -0.4 is 5.32 Å². The van der Waals surface area contributed by atoms with E-state index in [4.69, 9.17) is 5.11 Å². The minimum absolute atomic E-state index is 0.0594. The van der Waals surface area contributed by atoms with E-state index in [0.717, 1.165) is 0 Å². The second-order valence-corrected chi connectivity index (χ2v) is 3.21. The topological polar surface area (TPSA) is 35.5 Å². The zero-order chi connectivity index (χ0) is 9.90. The number of aliphatic hydroxyl groups excluding tert-OH is 1. The molecular weight excluding hydrogens is 185 g/mol. The molecule has 0 aliphatic carbocycles. The number of hydrogen-bond donors (Lipinski definition) is 2. The number of rotatable bonds is 4. The molecule has 1 fully saturated rings. The molecule has 0 aromatic heterocycles. The Bertz CT molecular complexity index is 156. The molecule has 1 saturated heterocycles. The molecule has 78 valence electrons. The highest BCUT2D eigenvalue weighted by molar-refractivity contribution is 4.77. The Kier molecular flexibility index (Phi) is 3.52. The first kappa shape index (κ1) is 10.7. The van der Waals surface area contributed by atoms with Gasteiger partial charge in [0.2, 0.25) is 0 Å². The van der Waals surface area contributed by atoms with E-state index in [1.54, 1.807) is 0 Å². The van der Waals surface area contributed by atoms with Crippen molar-refractivity contribution in [2.45, 2.75) is 18.7 Å². The van der Waals surface area contributed by atoms with Crippen LogP contribution in [0.4, 0.5) is 13.2 Å². The summed E-state index contributed by atoms with van der Waals surface area (Å²) >= 11 is 0. The lowest BCUT2D eigenvalue weighted by Gasteiger charge is -2.35. The molecule has 1 rings (SSSR count). The van der Waals surface area contributed by atoms with Gasteiger partial charge in [-0.15, -0.1) is 0 Å². The molecule has 0 bridgehead atoms. The molecule has 0 aromatic rings. The van der Waals surface area contributed by atoms with Crippen molar-refractivity contribution in [2.24, 2.45) is 0 Å². The van der Waals surface area contributed by atoms with Gasteiger partial charge in [-0.1, -0.05) is 0 Å². The fourth-order valence-electron chi connectivity index (χ4n) is 1.14. The van der Waals surface area contributed by atoms with Crippen molar-refractivity contribution >= 4 is 0 Å². The summed E-state index contributed by atoms with van der Waals surface area (Å²) in [6.45, 7) is 1.47. The van der Waals surface area contributed by atoms with Crippen LogP contribution in [0.5, 0.6) is 0 Å². The summed E-state index contributed by atoms with van der Waals surface area (Å²) in [4.78, 5) is 1.85. The SMILES string of the molecule is OC1CN(CNCCC(F)(F)F)C1. The van der Waals surface area contributed by atoms with E-state index in [0.29, 0.717) is 19.8 Å². The van der Waals surface area contributed by atoms with Crippen molar-refractivity contribution in [2.75, 3.05) is 26.3 Å². The summed E-state index contributed by atoms with van der Waals surface area (Å²) in [5, 5.41) is 11.5. The Morgan fingerprint density at radius 3 is 2.46 bits per heavy atom. The molecule has 2 N–H and O–H groups in total. The van der Waals surface area contributed by atoms with Crippen LogP contribution >= 0.6 is 0 Å². The summed E-state index contributed by atoms with van der Waals surface area (Å²) < 4.78 is 34.9. The van der Waals surface area contributed by atoms with Gasteiger partial charge in [0.15, 0.2) is 0 Å². The number of nitrogens with one attached hydrogen (secondary N) is 1. The van der Waals surface area contributed by atoms with E-state index in [-0.39, 0.29) is 12.6 Å². The molecule has 1 heterocycles. The Labute approximate surface area is 74.5 Å². The molecule has 1 aliphatic heterocycles. The molecule has 0 amide bonds. The third-order valence-corrected chi connectivity index (χ3v) is 1.86. The lowest BCUT2D eigenvalue weighted by molar-refractivity contribution is -0.134. The molecule has 3 nitrogen and oxygen atoms in total. The molecule has 0 saturated carbocycles. The predicted molar refractivity (Wildman–Crippen MR) is 41.1 cm³/mol. The second kappa shape index (κ2) is 4.26. The van der Waals surface area contributed by atoms with Crippen LogP contribution in [0, 0.1) is 0 Å². The van der Waals surface area contributed by atoms with Gasteiger partial charge < -0.3 is 10.4 Å². The highest BCUT2D eigenvalue weighted by Crippen LogP contribution is 2.18. The van der Waals surface area contributed by atoms with Crippen LogP contribution in [0.1, 0.15) is 6.42 Å². The molecule has 0 radical (unpaired) electrons. The summed E-state index contributed by atoms with van der Waals surface area (Å²) in [5.41, 5.74) is 0. The zero-order valence-corrected chi connectivity index (χ0v) is 7.14. The van der Waals surface area contributed by atoms with Crippen LogP contribution in [0.2, 0.25) is 0 Å². The van der Waals surface area contributed by atoms with Gasteiger partial charge in [-0.3, -0.25) is 4.90 Å². The van der Waals surface area contributed by atoms with Crippen LogP contribution in [-0.2, 0) is 0 Å². The van der Waals surface area contributed by atoms with E-state index >= 15 is 0 Å². The van der Waals surface area contributed by atoms with Crippen LogP contribution in [0.15, 0.2) is 0 Å². The van der Waals surface area contributed by atoms with Gasteiger partial charge in [0.05, 0.1) is 12.5 Å². The molecular formula is C7H13F3N2O. The second-order valence-electron chi connectivity index (χ2n) is 3.21. The van der Waals surface area contributed by atoms with E-state index < -0.39 is 12.6 Å². The number of β-amino-alcohol motifs (C(OH)–C–C–N with tert-alkyl or cyclic N) is 1. The maximum absolute atomic E-state index is 11.6. The van der Waals surface area contributed by atoms with Gasteiger partial charge in [-0.2, -0.15) is 13.2 Å². The van der Waals surface area contributed by atoms with Crippen molar-refractivity contribution in [1.29, 1.82) is 0 Å². The molecule has 6 heteroatoms. The predicted octanol–water partition coefficient (Wildman–Crippen LogP) is 0.162. The summed E-state index contributed by atoms with van der Waals surface area (Å²) in [5.74, 6) is 0. The van der Waals surface area contributed by atoms with Gasteiger partial charge in [0.1, 0.15) is 0 Å². The van der Waals surface area contributed by atoms with Crippen LogP contribution in [0.25, 0.3) is 0 Å². The Hall–Kier alpha value is -0.330. The summed E-state index contributed by atoms with van der Waals surface area (Å²) in [6.07, 6.45) is -5.19. The largest absolute Gasteiger partial charge is 0.390 e. The first-order valence-electron chi connectivity index (χ1n) is 4.15. The average Bonchev–Trinajstić information content (AvgIpc) is 1.91. The lowest BCUT2D eigenvalue weighted by atomic mass is 10.2. The van der Waals surface area contributed by atoms with Crippen LogP contribution in [-0.4, -0.2) is 48.6 Å². The van der Waals surface area contributed by atoms with Crippen LogP contribution in [0.3, 0.4) is 0 Å². The minimum Gasteiger partial charge on any atom is -0.390 e. The summed E-state index contributed by atoms with van der Waals surface area (Å²) in [7, 11) is 0. The van der Waals surface area contributed by atoms with E-state index in [1.165, 1.54) is 0 Å². The fraction of sp³-hybridized carbons (Fsp3) is 1.00. The van der Waals surface area contributed by atoms with Crippen molar-refractivity contribution in [3.05, 3.63) is 0 Å². The Morgan fingerprint density at radius 2 is 2.00 bits per heavy atom. The molecule has 0 unspecified atom stereocenters. The normalized spacial score (nSPS) is 20.3. The minimum atomic E-state index is -4.08. The number of hydrogen-bond acceptors (Lipinski definition) is 3. The number of aliphatic hydroxyl groups is 1. The van der Waals surface area contributed by atoms with Gasteiger partial charge in [0.25, 0.3) is 0 Å². The average molecular weight is 198 g/mol. The molecule has 0 atom stereocenters.